The number of hydrogen-bond acceptors (Lipinski definition) is 5. The maximum atomic E-state index is 11.9. The lowest BCUT2D eigenvalue weighted by Gasteiger charge is -2.04. The van der Waals surface area contributed by atoms with E-state index in [1.165, 1.54) is 11.3 Å². The second-order valence-electron chi connectivity index (χ2n) is 3.58. The first-order valence-corrected chi connectivity index (χ1v) is 7.48. The number of anilines is 1. The van der Waals surface area contributed by atoms with E-state index in [4.69, 9.17) is 5.73 Å². The maximum absolute atomic E-state index is 11.9. The molecule has 0 radical (unpaired) electrons. The van der Waals surface area contributed by atoms with Crippen molar-refractivity contribution >= 4 is 36.7 Å². The van der Waals surface area contributed by atoms with Crippen molar-refractivity contribution in [3.05, 3.63) is 18.2 Å². The van der Waals surface area contributed by atoms with Gasteiger partial charge in [0, 0.05) is 6.54 Å². The number of rotatable bonds is 4. The molecule has 0 saturated heterocycles. The molecule has 0 spiro atoms. The predicted octanol–water partition coefficient (Wildman–Crippen LogP) is 1.57. The van der Waals surface area contributed by atoms with Gasteiger partial charge in [0.15, 0.2) is 5.13 Å². The number of hydrogen-bond donors (Lipinski definition) is 2. The highest BCUT2D eigenvalue weighted by molar-refractivity contribution is 7.89. The Bertz CT molecular complexity index is 634. The molecule has 5 nitrogen and oxygen atoms in total. The third kappa shape index (κ3) is 2.56. The summed E-state index contributed by atoms with van der Waals surface area (Å²) in [5.74, 6) is 0. The van der Waals surface area contributed by atoms with Crippen LogP contribution in [-0.4, -0.2) is 19.9 Å². The second-order valence-corrected chi connectivity index (χ2v) is 6.41. The smallest absolute Gasteiger partial charge is 0.240 e. The van der Waals surface area contributed by atoms with Crippen molar-refractivity contribution in [2.45, 2.75) is 18.2 Å². The van der Waals surface area contributed by atoms with Crippen molar-refractivity contribution in [2.24, 2.45) is 0 Å². The lowest BCUT2D eigenvalue weighted by Crippen LogP contribution is -2.24. The first kappa shape index (κ1) is 12.3. The van der Waals surface area contributed by atoms with Crippen molar-refractivity contribution in [3.8, 4) is 0 Å². The molecule has 0 fully saturated rings. The normalized spacial score (nSPS) is 12.1. The van der Waals surface area contributed by atoms with E-state index in [1.54, 1.807) is 18.2 Å². The zero-order valence-electron chi connectivity index (χ0n) is 9.30. The molecule has 92 valence electrons. The Hall–Kier alpha value is -1.18. The van der Waals surface area contributed by atoms with Crippen LogP contribution < -0.4 is 10.5 Å². The van der Waals surface area contributed by atoms with Crippen molar-refractivity contribution in [3.63, 3.8) is 0 Å². The van der Waals surface area contributed by atoms with E-state index in [0.717, 1.165) is 16.6 Å². The van der Waals surface area contributed by atoms with Gasteiger partial charge in [0.05, 0.1) is 15.1 Å². The molecule has 2 rings (SSSR count). The van der Waals surface area contributed by atoms with Gasteiger partial charge in [0.2, 0.25) is 10.0 Å². The predicted molar refractivity (Wildman–Crippen MR) is 69.5 cm³/mol. The molecule has 0 aliphatic heterocycles. The van der Waals surface area contributed by atoms with E-state index >= 15 is 0 Å². The van der Waals surface area contributed by atoms with Crippen LogP contribution in [0.1, 0.15) is 13.3 Å². The molecule has 1 aromatic heterocycles. The molecule has 0 unspecified atom stereocenters. The monoisotopic (exact) mass is 271 g/mol. The molecule has 0 atom stereocenters. The van der Waals surface area contributed by atoms with Crippen LogP contribution in [0.15, 0.2) is 23.1 Å². The number of thiazole rings is 1. The number of fused-ring (bicyclic) bond motifs is 1. The summed E-state index contributed by atoms with van der Waals surface area (Å²) in [6.07, 6.45) is 0.759. The van der Waals surface area contributed by atoms with Gasteiger partial charge in [-0.2, -0.15) is 0 Å². The first-order chi connectivity index (χ1) is 8.03. The van der Waals surface area contributed by atoms with Gasteiger partial charge in [-0.05, 0) is 24.6 Å². The summed E-state index contributed by atoms with van der Waals surface area (Å²) in [5, 5.41) is 0.441. The highest BCUT2D eigenvalue weighted by Crippen LogP contribution is 2.26. The zero-order valence-corrected chi connectivity index (χ0v) is 10.9. The lowest BCUT2D eigenvalue weighted by molar-refractivity contribution is 0.581. The summed E-state index contributed by atoms with van der Waals surface area (Å²) < 4.78 is 27.1. The van der Waals surface area contributed by atoms with Gasteiger partial charge >= 0.3 is 0 Å². The topological polar surface area (TPSA) is 85.1 Å². The molecule has 17 heavy (non-hydrogen) atoms. The molecule has 1 heterocycles. The molecule has 2 aromatic rings. The Labute approximate surface area is 104 Å². The Morgan fingerprint density at radius 2 is 2.24 bits per heavy atom. The number of nitrogens with two attached hydrogens (primary N) is 1. The molecule has 0 aliphatic rings. The summed E-state index contributed by atoms with van der Waals surface area (Å²) in [5.41, 5.74) is 6.30. The summed E-state index contributed by atoms with van der Waals surface area (Å²) in [6.45, 7) is 2.35. The van der Waals surface area contributed by atoms with Crippen LogP contribution in [0.5, 0.6) is 0 Å². The summed E-state index contributed by atoms with van der Waals surface area (Å²) >= 11 is 1.28. The highest BCUT2D eigenvalue weighted by Gasteiger charge is 2.14. The van der Waals surface area contributed by atoms with Crippen LogP contribution in [-0.2, 0) is 10.0 Å². The van der Waals surface area contributed by atoms with Gasteiger partial charge in [0.25, 0.3) is 0 Å². The van der Waals surface area contributed by atoms with Crippen LogP contribution >= 0.6 is 11.3 Å². The average Bonchev–Trinajstić information content (AvgIpc) is 2.65. The average molecular weight is 271 g/mol. The Morgan fingerprint density at radius 3 is 2.94 bits per heavy atom. The van der Waals surface area contributed by atoms with Gasteiger partial charge < -0.3 is 5.73 Å². The van der Waals surface area contributed by atoms with Crippen molar-refractivity contribution in [1.29, 1.82) is 0 Å². The number of sulfonamides is 1. The molecule has 0 saturated carbocycles. The molecule has 1 aromatic carbocycles. The van der Waals surface area contributed by atoms with Gasteiger partial charge in [-0.3, -0.25) is 0 Å². The molecule has 0 aliphatic carbocycles. The minimum Gasteiger partial charge on any atom is -0.375 e. The lowest BCUT2D eigenvalue weighted by atomic mass is 10.3. The molecule has 0 bridgehead atoms. The Morgan fingerprint density at radius 1 is 1.47 bits per heavy atom. The quantitative estimate of drug-likeness (QED) is 0.884. The first-order valence-electron chi connectivity index (χ1n) is 5.18. The van der Waals surface area contributed by atoms with Crippen LogP contribution in [0.4, 0.5) is 5.13 Å². The molecule has 3 N–H and O–H groups in total. The third-order valence-electron chi connectivity index (χ3n) is 2.23. The summed E-state index contributed by atoms with van der Waals surface area (Å²) in [7, 11) is -3.42. The number of aromatic nitrogens is 1. The van der Waals surface area contributed by atoms with Gasteiger partial charge in [-0.25, -0.2) is 18.1 Å². The van der Waals surface area contributed by atoms with Crippen LogP contribution in [0.3, 0.4) is 0 Å². The van der Waals surface area contributed by atoms with E-state index in [0.29, 0.717) is 11.7 Å². The number of nitrogen functional groups attached to an aromatic ring is 1. The minimum atomic E-state index is -3.42. The number of nitrogens with one attached hydrogen (secondary N) is 1. The van der Waals surface area contributed by atoms with Crippen molar-refractivity contribution < 1.29 is 8.42 Å². The molecule has 7 heteroatoms. The third-order valence-corrected chi connectivity index (χ3v) is 4.53. The fourth-order valence-electron chi connectivity index (χ4n) is 1.41. The maximum Gasteiger partial charge on any atom is 0.240 e. The summed E-state index contributed by atoms with van der Waals surface area (Å²) in [4.78, 5) is 4.33. The van der Waals surface area contributed by atoms with E-state index < -0.39 is 10.0 Å². The van der Waals surface area contributed by atoms with Crippen LogP contribution in [0, 0.1) is 0 Å². The van der Waals surface area contributed by atoms with E-state index in [9.17, 15) is 8.42 Å². The zero-order chi connectivity index (χ0) is 12.5. The molecular weight excluding hydrogens is 258 g/mol. The largest absolute Gasteiger partial charge is 0.375 e. The highest BCUT2D eigenvalue weighted by atomic mass is 32.2. The SMILES string of the molecule is CCCNS(=O)(=O)c1ccc2nc(N)sc2c1. The Kier molecular flexibility index (Phi) is 3.32. The van der Waals surface area contributed by atoms with Crippen LogP contribution in [0.2, 0.25) is 0 Å². The fourth-order valence-corrected chi connectivity index (χ4v) is 3.42. The Balaban J connectivity index is 2.42. The second kappa shape index (κ2) is 4.59. The van der Waals surface area contributed by atoms with Crippen molar-refractivity contribution in [2.75, 3.05) is 12.3 Å². The van der Waals surface area contributed by atoms with E-state index in [1.807, 2.05) is 6.92 Å². The summed E-state index contributed by atoms with van der Waals surface area (Å²) in [6, 6.07) is 4.81. The molecule has 0 amide bonds. The van der Waals surface area contributed by atoms with E-state index in [-0.39, 0.29) is 4.90 Å². The fraction of sp³-hybridized carbons (Fsp3) is 0.300. The number of nitrogens with zero attached hydrogens (tertiary/aromatic N) is 1. The minimum absolute atomic E-state index is 0.252. The number of benzene rings is 1. The van der Waals surface area contributed by atoms with Gasteiger partial charge in [-0.15, -0.1) is 0 Å². The van der Waals surface area contributed by atoms with Crippen molar-refractivity contribution in [1.82, 2.24) is 9.71 Å². The van der Waals surface area contributed by atoms with Gasteiger partial charge in [0.1, 0.15) is 0 Å². The van der Waals surface area contributed by atoms with E-state index in [2.05, 4.69) is 9.71 Å². The van der Waals surface area contributed by atoms with Gasteiger partial charge in [-0.1, -0.05) is 18.3 Å². The standard InChI is InChI=1S/C10H13N3O2S2/c1-2-5-12-17(14,15)7-3-4-8-9(6-7)16-10(11)13-8/h3-4,6,12H,2,5H2,1H3,(H2,11,13). The van der Waals surface area contributed by atoms with Crippen LogP contribution in [0.25, 0.3) is 10.2 Å². The molecular formula is C10H13N3O2S2.